The average molecular weight is 286 g/mol. The summed E-state index contributed by atoms with van der Waals surface area (Å²) in [5, 5.41) is 3.54. The van der Waals surface area contributed by atoms with E-state index in [1.54, 1.807) is 11.3 Å². The van der Waals surface area contributed by atoms with Crippen molar-refractivity contribution in [3.05, 3.63) is 42.7 Å². The Bertz CT molecular complexity index is 501. The Hall–Kier alpha value is -0.350. The molecule has 2 aromatic heterocycles. The quantitative estimate of drug-likeness (QED) is 0.852. The monoisotopic (exact) mass is 285 g/mol. The van der Waals surface area contributed by atoms with Gasteiger partial charge in [-0.25, -0.2) is 0 Å². The van der Waals surface area contributed by atoms with Gasteiger partial charge in [0, 0.05) is 14.6 Å². The molecule has 0 saturated carbocycles. The van der Waals surface area contributed by atoms with Gasteiger partial charge in [0.1, 0.15) is 0 Å². The van der Waals surface area contributed by atoms with E-state index in [2.05, 4.69) is 38.2 Å². The largest absolute Gasteiger partial charge is 0.305 e. The number of nitrogens with one attached hydrogen (secondary N) is 1. The van der Waals surface area contributed by atoms with Gasteiger partial charge in [0.05, 0.1) is 10.4 Å². The lowest BCUT2D eigenvalue weighted by Gasteiger charge is -2.16. The number of aryl methyl sites for hydroxylation is 2. The third kappa shape index (κ3) is 2.91. The van der Waals surface area contributed by atoms with Crippen molar-refractivity contribution in [3.8, 4) is 0 Å². The molecule has 1 atom stereocenters. The van der Waals surface area contributed by atoms with E-state index in [0.29, 0.717) is 0 Å². The standard InChI is InChI=1S/C13H16ClNS2/c1-4-15-12(10-5-6-11(14)17-10)13-8(2)7-9(3)16-13/h5-7,12,15H,4H2,1-3H3. The number of hydrogen-bond donors (Lipinski definition) is 1. The highest BCUT2D eigenvalue weighted by atomic mass is 35.5. The van der Waals surface area contributed by atoms with E-state index in [4.69, 9.17) is 11.6 Å². The highest BCUT2D eigenvalue weighted by Gasteiger charge is 2.19. The van der Waals surface area contributed by atoms with E-state index in [1.165, 1.54) is 20.2 Å². The number of thiophene rings is 2. The summed E-state index contributed by atoms with van der Waals surface area (Å²) >= 11 is 9.56. The van der Waals surface area contributed by atoms with Crippen LogP contribution in [0.15, 0.2) is 18.2 Å². The molecule has 1 unspecified atom stereocenters. The van der Waals surface area contributed by atoms with Gasteiger partial charge in [0.2, 0.25) is 0 Å². The molecule has 0 aliphatic carbocycles. The second kappa shape index (κ2) is 5.53. The molecule has 0 aliphatic rings. The molecule has 2 aromatic rings. The van der Waals surface area contributed by atoms with Crippen molar-refractivity contribution in [2.24, 2.45) is 0 Å². The van der Waals surface area contributed by atoms with Gasteiger partial charge in [0.25, 0.3) is 0 Å². The summed E-state index contributed by atoms with van der Waals surface area (Å²) in [6, 6.07) is 6.63. The normalized spacial score (nSPS) is 12.9. The molecular formula is C13H16ClNS2. The van der Waals surface area contributed by atoms with Crippen molar-refractivity contribution < 1.29 is 0 Å². The van der Waals surface area contributed by atoms with Gasteiger partial charge in [-0.3, -0.25) is 0 Å². The summed E-state index contributed by atoms with van der Waals surface area (Å²) in [6.07, 6.45) is 0. The molecule has 2 heterocycles. The number of halogens is 1. The van der Waals surface area contributed by atoms with E-state index < -0.39 is 0 Å². The third-order valence-corrected chi connectivity index (χ3v) is 5.14. The molecule has 0 aliphatic heterocycles. The van der Waals surface area contributed by atoms with E-state index in [1.807, 2.05) is 17.4 Å². The van der Waals surface area contributed by atoms with Crippen molar-refractivity contribution in [1.29, 1.82) is 0 Å². The third-order valence-electron chi connectivity index (χ3n) is 2.63. The van der Waals surface area contributed by atoms with Gasteiger partial charge in [-0.15, -0.1) is 22.7 Å². The van der Waals surface area contributed by atoms with Gasteiger partial charge in [-0.1, -0.05) is 18.5 Å². The lowest BCUT2D eigenvalue weighted by atomic mass is 10.1. The zero-order valence-corrected chi connectivity index (χ0v) is 12.6. The van der Waals surface area contributed by atoms with Crippen molar-refractivity contribution in [1.82, 2.24) is 5.32 Å². The topological polar surface area (TPSA) is 12.0 Å². The van der Waals surface area contributed by atoms with Gasteiger partial charge < -0.3 is 5.32 Å². The summed E-state index contributed by atoms with van der Waals surface area (Å²) in [5.41, 5.74) is 1.36. The second-order valence-corrected chi connectivity index (χ2v) is 7.07. The molecule has 92 valence electrons. The molecule has 4 heteroatoms. The van der Waals surface area contributed by atoms with Crippen LogP contribution in [0.2, 0.25) is 4.34 Å². The van der Waals surface area contributed by atoms with Crippen LogP contribution < -0.4 is 5.32 Å². The maximum Gasteiger partial charge on any atom is 0.0931 e. The zero-order chi connectivity index (χ0) is 12.4. The molecule has 2 rings (SSSR count). The molecule has 0 amide bonds. The maximum atomic E-state index is 6.03. The van der Waals surface area contributed by atoms with Gasteiger partial charge in [0.15, 0.2) is 0 Å². The molecule has 0 spiro atoms. The van der Waals surface area contributed by atoms with Crippen LogP contribution in [0.5, 0.6) is 0 Å². The van der Waals surface area contributed by atoms with Gasteiger partial charge in [-0.05, 0) is 44.2 Å². The van der Waals surface area contributed by atoms with Crippen LogP contribution in [0, 0.1) is 13.8 Å². The van der Waals surface area contributed by atoms with Crippen LogP contribution >= 0.6 is 34.3 Å². The minimum Gasteiger partial charge on any atom is -0.305 e. The molecule has 0 saturated heterocycles. The van der Waals surface area contributed by atoms with Crippen LogP contribution in [-0.4, -0.2) is 6.54 Å². The number of rotatable bonds is 4. The summed E-state index contributed by atoms with van der Waals surface area (Å²) in [7, 11) is 0. The zero-order valence-electron chi connectivity index (χ0n) is 10.2. The summed E-state index contributed by atoms with van der Waals surface area (Å²) in [6.45, 7) is 7.43. The maximum absolute atomic E-state index is 6.03. The van der Waals surface area contributed by atoms with Crippen LogP contribution in [0.3, 0.4) is 0 Å². The molecule has 1 N–H and O–H groups in total. The van der Waals surface area contributed by atoms with Crippen molar-refractivity contribution in [3.63, 3.8) is 0 Å². The van der Waals surface area contributed by atoms with Crippen molar-refractivity contribution in [2.75, 3.05) is 6.54 Å². The Morgan fingerprint density at radius 1 is 1.29 bits per heavy atom. The van der Waals surface area contributed by atoms with Crippen LogP contribution in [0.1, 0.15) is 33.2 Å². The van der Waals surface area contributed by atoms with Crippen molar-refractivity contribution >= 4 is 34.3 Å². The Morgan fingerprint density at radius 2 is 2.06 bits per heavy atom. The van der Waals surface area contributed by atoms with Gasteiger partial charge >= 0.3 is 0 Å². The van der Waals surface area contributed by atoms with E-state index in [-0.39, 0.29) is 6.04 Å². The van der Waals surface area contributed by atoms with E-state index in [9.17, 15) is 0 Å². The van der Waals surface area contributed by atoms with Crippen molar-refractivity contribution in [2.45, 2.75) is 26.8 Å². The van der Waals surface area contributed by atoms with Crippen LogP contribution in [0.25, 0.3) is 0 Å². The summed E-state index contributed by atoms with van der Waals surface area (Å²) < 4.78 is 0.855. The first-order chi connectivity index (χ1) is 8.11. The molecule has 1 nitrogen and oxygen atoms in total. The fourth-order valence-corrected chi connectivity index (χ4v) is 4.31. The highest BCUT2D eigenvalue weighted by molar-refractivity contribution is 7.16. The fourth-order valence-electron chi connectivity index (χ4n) is 1.96. The Balaban J connectivity index is 2.38. The first kappa shape index (κ1) is 13.1. The first-order valence-electron chi connectivity index (χ1n) is 5.67. The Kier molecular flexibility index (Phi) is 4.26. The molecular weight excluding hydrogens is 270 g/mol. The summed E-state index contributed by atoms with van der Waals surface area (Å²) in [5.74, 6) is 0. The Morgan fingerprint density at radius 3 is 2.53 bits per heavy atom. The Labute approximate surface area is 115 Å². The number of hydrogen-bond acceptors (Lipinski definition) is 3. The van der Waals surface area contributed by atoms with Crippen LogP contribution in [0.4, 0.5) is 0 Å². The first-order valence-corrected chi connectivity index (χ1v) is 7.68. The SMILES string of the molecule is CCNC(c1ccc(Cl)s1)c1sc(C)cc1C. The van der Waals surface area contributed by atoms with Gasteiger partial charge in [-0.2, -0.15) is 0 Å². The molecule has 0 fully saturated rings. The lowest BCUT2D eigenvalue weighted by molar-refractivity contribution is 0.646. The lowest BCUT2D eigenvalue weighted by Crippen LogP contribution is -2.20. The average Bonchev–Trinajstić information content (AvgIpc) is 2.82. The van der Waals surface area contributed by atoms with E-state index >= 15 is 0 Å². The fraction of sp³-hybridized carbons (Fsp3) is 0.385. The highest BCUT2D eigenvalue weighted by Crippen LogP contribution is 2.36. The minimum atomic E-state index is 0.288. The minimum absolute atomic E-state index is 0.288. The molecule has 0 bridgehead atoms. The molecule has 0 aromatic carbocycles. The predicted octanol–water partition coefficient (Wildman–Crippen LogP) is 4.78. The second-order valence-electron chi connectivity index (χ2n) is 4.04. The van der Waals surface area contributed by atoms with E-state index in [0.717, 1.165) is 10.9 Å². The smallest absolute Gasteiger partial charge is 0.0931 e. The van der Waals surface area contributed by atoms with Crippen LogP contribution in [-0.2, 0) is 0 Å². The predicted molar refractivity (Wildman–Crippen MR) is 78.6 cm³/mol. The molecule has 0 radical (unpaired) electrons. The summed E-state index contributed by atoms with van der Waals surface area (Å²) in [4.78, 5) is 4.06. The molecule has 17 heavy (non-hydrogen) atoms.